The number of aromatic nitrogens is 1. The van der Waals surface area contributed by atoms with Gasteiger partial charge in [0.2, 0.25) is 11.8 Å². The number of pyridine rings is 1. The zero-order chi connectivity index (χ0) is 28.4. The number of nitrogens with zero attached hydrogens (tertiary/aromatic N) is 1. The van der Waals surface area contributed by atoms with E-state index in [0.717, 1.165) is 11.1 Å². The monoisotopic (exact) mass is 528 g/mol. The molecule has 39 heavy (non-hydrogen) atoms. The van der Waals surface area contributed by atoms with Crippen LogP contribution in [0.4, 0.5) is 0 Å². The minimum absolute atomic E-state index is 0.174. The molecule has 2 unspecified atom stereocenters. The van der Waals surface area contributed by atoms with Crippen LogP contribution in [0.25, 0.3) is 11.1 Å². The standard InChI is InChI=1S/C30H32N4O5/c1-19(2)28(29(38)23(18-35)16-26(31)36)34-27(37)17-24(21-11-7-4-8-12-21)33-30(39)25-15-22(13-14-32-25)20-9-5-3-6-10-20/h3-15,18-19,23-24,28H,16-17H2,1-2H3,(H2,31,36)(H,33,39)(H,34,37)/t23?,24-,28?/m0/s1. The molecule has 1 aromatic heterocycles. The highest BCUT2D eigenvalue weighted by Crippen LogP contribution is 2.21. The van der Waals surface area contributed by atoms with Gasteiger partial charge in [0.15, 0.2) is 5.78 Å². The number of carbonyl (C=O) groups excluding carboxylic acids is 5. The van der Waals surface area contributed by atoms with E-state index in [1.54, 1.807) is 50.4 Å². The smallest absolute Gasteiger partial charge is 0.270 e. The van der Waals surface area contributed by atoms with Gasteiger partial charge in [0.05, 0.1) is 24.4 Å². The number of nitrogens with one attached hydrogen (secondary N) is 2. The summed E-state index contributed by atoms with van der Waals surface area (Å²) in [5.74, 6) is -3.95. The molecule has 0 spiro atoms. The molecule has 1 heterocycles. The predicted molar refractivity (Wildman–Crippen MR) is 146 cm³/mol. The Bertz CT molecular complexity index is 1310. The minimum Gasteiger partial charge on any atom is -0.370 e. The average molecular weight is 529 g/mol. The molecule has 0 saturated heterocycles. The van der Waals surface area contributed by atoms with E-state index in [2.05, 4.69) is 15.6 Å². The van der Waals surface area contributed by atoms with Crippen LogP contribution in [0.2, 0.25) is 0 Å². The molecule has 3 rings (SSSR count). The number of amides is 3. The number of Topliss-reactive ketones (excluding diaryl/α,β-unsaturated/α-hetero) is 1. The molecule has 0 aliphatic carbocycles. The average Bonchev–Trinajstić information content (AvgIpc) is 2.94. The molecule has 0 saturated carbocycles. The second-order valence-corrected chi connectivity index (χ2v) is 9.54. The molecule has 2 aromatic carbocycles. The van der Waals surface area contributed by atoms with E-state index in [0.29, 0.717) is 11.8 Å². The third-order valence-corrected chi connectivity index (χ3v) is 6.24. The molecule has 4 N–H and O–H groups in total. The maximum absolute atomic E-state index is 13.2. The van der Waals surface area contributed by atoms with Crippen molar-refractivity contribution in [1.29, 1.82) is 0 Å². The molecular weight excluding hydrogens is 496 g/mol. The summed E-state index contributed by atoms with van der Waals surface area (Å²) in [6.07, 6.45) is 1.32. The number of benzene rings is 2. The highest BCUT2D eigenvalue weighted by atomic mass is 16.2. The number of nitrogens with two attached hydrogens (primary N) is 1. The Kier molecular flexibility index (Phi) is 10.2. The molecule has 3 amide bonds. The number of hydrogen-bond donors (Lipinski definition) is 3. The maximum atomic E-state index is 13.2. The summed E-state index contributed by atoms with van der Waals surface area (Å²) in [6, 6.07) is 20.3. The molecule has 3 aromatic rings. The molecule has 0 aliphatic rings. The van der Waals surface area contributed by atoms with Gasteiger partial charge >= 0.3 is 0 Å². The first-order chi connectivity index (χ1) is 18.7. The number of aldehydes is 1. The van der Waals surface area contributed by atoms with Gasteiger partial charge in [-0.15, -0.1) is 0 Å². The summed E-state index contributed by atoms with van der Waals surface area (Å²) in [7, 11) is 0. The Morgan fingerprint density at radius 1 is 0.872 bits per heavy atom. The van der Waals surface area contributed by atoms with Crippen molar-refractivity contribution in [3.05, 3.63) is 90.3 Å². The van der Waals surface area contributed by atoms with E-state index in [9.17, 15) is 24.0 Å². The highest BCUT2D eigenvalue weighted by molar-refractivity contribution is 6.01. The van der Waals surface area contributed by atoms with Crippen molar-refractivity contribution in [2.24, 2.45) is 17.6 Å². The lowest BCUT2D eigenvalue weighted by atomic mass is 9.89. The summed E-state index contributed by atoms with van der Waals surface area (Å²) in [6.45, 7) is 3.44. The van der Waals surface area contributed by atoms with Gasteiger partial charge in [0.25, 0.3) is 5.91 Å². The summed E-state index contributed by atoms with van der Waals surface area (Å²) in [5, 5.41) is 5.57. The number of hydrogen-bond acceptors (Lipinski definition) is 6. The summed E-state index contributed by atoms with van der Waals surface area (Å²) in [5.41, 5.74) is 7.80. The number of primary amides is 1. The van der Waals surface area contributed by atoms with E-state index in [-0.39, 0.29) is 18.0 Å². The summed E-state index contributed by atoms with van der Waals surface area (Å²) >= 11 is 0. The lowest BCUT2D eigenvalue weighted by Crippen LogP contribution is -2.48. The maximum Gasteiger partial charge on any atom is 0.270 e. The lowest BCUT2D eigenvalue weighted by Gasteiger charge is -2.25. The number of ketones is 1. The van der Waals surface area contributed by atoms with Gasteiger partial charge < -0.3 is 21.2 Å². The SMILES string of the molecule is CC(C)C(NC(=O)C[C@H](NC(=O)c1cc(-c2ccccc2)ccn1)c1ccccc1)C(=O)C(C=O)CC(N)=O. The van der Waals surface area contributed by atoms with Crippen LogP contribution in [0.15, 0.2) is 79.0 Å². The van der Waals surface area contributed by atoms with Crippen molar-refractivity contribution in [1.82, 2.24) is 15.6 Å². The third-order valence-electron chi connectivity index (χ3n) is 6.24. The lowest BCUT2D eigenvalue weighted by molar-refractivity contribution is -0.135. The van der Waals surface area contributed by atoms with Crippen molar-refractivity contribution in [2.45, 2.75) is 38.8 Å². The van der Waals surface area contributed by atoms with Crippen molar-refractivity contribution in [3.63, 3.8) is 0 Å². The Labute approximate surface area is 227 Å². The molecule has 0 fully saturated rings. The first-order valence-corrected chi connectivity index (χ1v) is 12.6. The largest absolute Gasteiger partial charge is 0.370 e. The van der Waals surface area contributed by atoms with Gasteiger partial charge in [-0.2, -0.15) is 0 Å². The van der Waals surface area contributed by atoms with Crippen LogP contribution in [-0.4, -0.2) is 40.8 Å². The first kappa shape index (κ1) is 28.9. The Hall–Kier alpha value is -4.66. The third kappa shape index (κ3) is 8.16. The van der Waals surface area contributed by atoms with Crippen LogP contribution in [0.3, 0.4) is 0 Å². The predicted octanol–water partition coefficient (Wildman–Crippen LogP) is 3.01. The second kappa shape index (κ2) is 13.8. The Balaban J connectivity index is 1.79. The van der Waals surface area contributed by atoms with Crippen LogP contribution in [0, 0.1) is 11.8 Å². The topological polar surface area (TPSA) is 148 Å². The fraction of sp³-hybridized carbons (Fsp3) is 0.267. The fourth-order valence-corrected chi connectivity index (χ4v) is 4.18. The van der Waals surface area contributed by atoms with Gasteiger partial charge in [-0.05, 0) is 34.7 Å². The van der Waals surface area contributed by atoms with Crippen molar-refractivity contribution in [3.8, 4) is 11.1 Å². The van der Waals surface area contributed by atoms with E-state index in [4.69, 9.17) is 5.73 Å². The van der Waals surface area contributed by atoms with Crippen molar-refractivity contribution >= 4 is 29.8 Å². The number of carbonyl (C=O) groups is 5. The normalized spacial score (nSPS) is 13.1. The van der Waals surface area contributed by atoms with Gasteiger partial charge in [0.1, 0.15) is 12.0 Å². The molecule has 0 radical (unpaired) electrons. The zero-order valence-corrected chi connectivity index (χ0v) is 21.9. The molecule has 0 bridgehead atoms. The molecule has 9 heteroatoms. The molecule has 202 valence electrons. The molecule has 3 atom stereocenters. The van der Waals surface area contributed by atoms with Gasteiger partial charge in [0, 0.05) is 12.6 Å². The van der Waals surface area contributed by atoms with Gasteiger partial charge in [-0.25, -0.2) is 0 Å². The van der Waals surface area contributed by atoms with Crippen LogP contribution in [0.5, 0.6) is 0 Å². The Morgan fingerprint density at radius 3 is 2.10 bits per heavy atom. The second-order valence-electron chi connectivity index (χ2n) is 9.54. The Morgan fingerprint density at radius 2 is 1.51 bits per heavy atom. The van der Waals surface area contributed by atoms with Gasteiger partial charge in [-0.3, -0.25) is 24.2 Å². The van der Waals surface area contributed by atoms with E-state index in [1.165, 1.54) is 0 Å². The molecule has 0 aliphatic heterocycles. The summed E-state index contributed by atoms with van der Waals surface area (Å²) in [4.78, 5) is 66.2. The van der Waals surface area contributed by atoms with Gasteiger partial charge in [-0.1, -0.05) is 74.5 Å². The van der Waals surface area contributed by atoms with E-state index < -0.39 is 47.9 Å². The van der Waals surface area contributed by atoms with Crippen LogP contribution < -0.4 is 16.4 Å². The van der Waals surface area contributed by atoms with Crippen LogP contribution in [-0.2, 0) is 19.2 Å². The zero-order valence-electron chi connectivity index (χ0n) is 21.9. The first-order valence-electron chi connectivity index (χ1n) is 12.6. The van der Waals surface area contributed by atoms with Crippen molar-refractivity contribution in [2.75, 3.05) is 0 Å². The molecule has 9 nitrogen and oxygen atoms in total. The van der Waals surface area contributed by atoms with E-state index in [1.807, 2.05) is 42.5 Å². The summed E-state index contributed by atoms with van der Waals surface area (Å²) < 4.78 is 0. The number of rotatable bonds is 13. The fourth-order valence-electron chi connectivity index (χ4n) is 4.18. The quantitative estimate of drug-likeness (QED) is 0.229. The molecular formula is C30H32N4O5. The van der Waals surface area contributed by atoms with E-state index >= 15 is 0 Å². The van der Waals surface area contributed by atoms with Crippen LogP contribution in [0.1, 0.15) is 48.8 Å². The highest BCUT2D eigenvalue weighted by Gasteiger charge is 2.32. The van der Waals surface area contributed by atoms with Crippen LogP contribution >= 0.6 is 0 Å². The van der Waals surface area contributed by atoms with Crippen molar-refractivity contribution < 1.29 is 24.0 Å². The minimum atomic E-state index is -1.25.